The van der Waals surface area contributed by atoms with Crippen molar-refractivity contribution in [2.24, 2.45) is 5.73 Å². The van der Waals surface area contributed by atoms with Gasteiger partial charge in [0.25, 0.3) is 5.91 Å². The van der Waals surface area contributed by atoms with Crippen molar-refractivity contribution >= 4 is 17.4 Å². The third-order valence-electron chi connectivity index (χ3n) is 3.29. The molecule has 106 valence electrons. The Kier molecular flexibility index (Phi) is 4.84. The summed E-state index contributed by atoms with van der Waals surface area (Å²) >= 11 is 1.14. The second-order valence-electron chi connectivity index (χ2n) is 4.69. The molecule has 3 unspecified atom stereocenters. The van der Waals surface area contributed by atoms with E-state index >= 15 is 0 Å². The van der Waals surface area contributed by atoms with Gasteiger partial charge in [0.1, 0.15) is 4.88 Å². The van der Waals surface area contributed by atoms with E-state index in [1.165, 1.54) is 0 Å². The van der Waals surface area contributed by atoms with Gasteiger partial charge in [0, 0.05) is 12.6 Å². The highest BCUT2D eigenvalue weighted by Crippen LogP contribution is 2.23. The van der Waals surface area contributed by atoms with Crippen molar-refractivity contribution in [1.82, 2.24) is 14.9 Å². The van der Waals surface area contributed by atoms with Gasteiger partial charge < -0.3 is 15.8 Å². The predicted octanol–water partition coefficient (Wildman–Crippen LogP) is 0.725. The zero-order valence-corrected chi connectivity index (χ0v) is 12.1. The molecule has 0 aliphatic heterocycles. The quantitative estimate of drug-likeness (QED) is 0.803. The zero-order valence-electron chi connectivity index (χ0n) is 11.3. The zero-order chi connectivity index (χ0) is 13.8. The largest absolute Gasteiger partial charge is 0.376 e. The standard InChI is InChI=1S/C12H20N4O2S/c1-3-5-8-11(19-16-15-8)12(17)14-10-7(13)6-9(10)18-4-2/h7,9-10H,3-6,13H2,1-2H3,(H,14,17). The SMILES string of the molecule is CCCc1nnsc1C(=O)NC1C(N)CC1OCC. The van der Waals surface area contributed by atoms with Crippen LogP contribution < -0.4 is 11.1 Å². The summed E-state index contributed by atoms with van der Waals surface area (Å²) in [5, 5.41) is 6.94. The summed E-state index contributed by atoms with van der Waals surface area (Å²) in [6.07, 6.45) is 2.53. The van der Waals surface area contributed by atoms with Gasteiger partial charge in [-0.15, -0.1) is 5.10 Å². The van der Waals surface area contributed by atoms with E-state index in [1.54, 1.807) is 0 Å². The molecule has 0 aromatic carbocycles. The van der Waals surface area contributed by atoms with Crippen LogP contribution in [0.1, 0.15) is 42.1 Å². The van der Waals surface area contributed by atoms with Crippen molar-refractivity contribution in [1.29, 1.82) is 0 Å². The maximum absolute atomic E-state index is 12.2. The van der Waals surface area contributed by atoms with Gasteiger partial charge in [-0.25, -0.2) is 0 Å². The third-order valence-corrected chi connectivity index (χ3v) is 4.06. The molecule has 3 atom stereocenters. The molecule has 1 aromatic rings. The highest BCUT2D eigenvalue weighted by Gasteiger charge is 2.40. The molecule has 1 aliphatic carbocycles. The van der Waals surface area contributed by atoms with Gasteiger partial charge in [-0.1, -0.05) is 17.8 Å². The molecule has 1 aromatic heterocycles. The molecule has 3 N–H and O–H groups in total. The Labute approximate surface area is 116 Å². The lowest BCUT2D eigenvalue weighted by Gasteiger charge is -2.42. The lowest BCUT2D eigenvalue weighted by molar-refractivity contribution is -0.0300. The number of ether oxygens (including phenoxy) is 1. The van der Waals surface area contributed by atoms with Crippen LogP contribution in [0, 0.1) is 0 Å². The second-order valence-corrected chi connectivity index (χ2v) is 5.45. The van der Waals surface area contributed by atoms with Crippen LogP contribution in [-0.2, 0) is 11.2 Å². The fourth-order valence-electron chi connectivity index (χ4n) is 2.23. The molecule has 1 saturated carbocycles. The summed E-state index contributed by atoms with van der Waals surface area (Å²) in [5.74, 6) is -0.136. The lowest BCUT2D eigenvalue weighted by Crippen LogP contribution is -2.64. The minimum absolute atomic E-state index is 0.0273. The van der Waals surface area contributed by atoms with Gasteiger partial charge in [-0.3, -0.25) is 4.79 Å². The summed E-state index contributed by atoms with van der Waals surface area (Å²) < 4.78 is 9.39. The Morgan fingerprint density at radius 3 is 3.00 bits per heavy atom. The van der Waals surface area contributed by atoms with Crippen LogP contribution in [0.25, 0.3) is 0 Å². The van der Waals surface area contributed by atoms with Gasteiger partial charge >= 0.3 is 0 Å². The molecular formula is C12H20N4O2S. The maximum atomic E-state index is 12.2. The van der Waals surface area contributed by atoms with Crippen LogP contribution in [-0.4, -0.2) is 40.3 Å². The number of nitrogens with zero attached hydrogens (tertiary/aromatic N) is 2. The number of aryl methyl sites for hydroxylation is 1. The minimum Gasteiger partial charge on any atom is -0.376 e. The summed E-state index contributed by atoms with van der Waals surface area (Å²) in [5.41, 5.74) is 6.69. The number of aromatic nitrogens is 2. The molecule has 0 saturated heterocycles. The van der Waals surface area contributed by atoms with E-state index in [-0.39, 0.29) is 24.1 Å². The Hall–Kier alpha value is -1.05. The van der Waals surface area contributed by atoms with Crippen LogP contribution in [0.3, 0.4) is 0 Å². The average Bonchev–Trinajstić information content (AvgIpc) is 2.84. The molecule has 2 rings (SSSR count). The number of carbonyl (C=O) groups is 1. The van der Waals surface area contributed by atoms with Crippen molar-refractivity contribution in [3.8, 4) is 0 Å². The topological polar surface area (TPSA) is 90.1 Å². The molecule has 0 spiro atoms. The Morgan fingerprint density at radius 1 is 1.58 bits per heavy atom. The number of carbonyl (C=O) groups excluding carboxylic acids is 1. The van der Waals surface area contributed by atoms with Gasteiger partial charge in [0.15, 0.2) is 0 Å². The summed E-state index contributed by atoms with van der Waals surface area (Å²) in [6, 6.07) is -0.139. The number of nitrogens with two attached hydrogens (primary N) is 1. The Balaban J connectivity index is 1.98. The number of hydrogen-bond acceptors (Lipinski definition) is 6. The first kappa shape index (κ1) is 14.4. The third kappa shape index (κ3) is 3.10. The van der Waals surface area contributed by atoms with Crippen LogP contribution in [0.4, 0.5) is 0 Å². The summed E-state index contributed by atoms with van der Waals surface area (Å²) in [6.45, 7) is 4.62. The van der Waals surface area contributed by atoms with Crippen LogP contribution in [0.5, 0.6) is 0 Å². The number of rotatable bonds is 6. The molecule has 6 nitrogen and oxygen atoms in total. The monoisotopic (exact) mass is 284 g/mol. The van der Waals surface area contributed by atoms with E-state index in [0.717, 1.165) is 36.5 Å². The number of amides is 1. The fourth-order valence-corrected chi connectivity index (χ4v) is 2.84. The van der Waals surface area contributed by atoms with Gasteiger partial charge in [0.2, 0.25) is 0 Å². The van der Waals surface area contributed by atoms with Gasteiger partial charge in [-0.2, -0.15) is 0 Å². The molecule has 0 radical (unpaired) electrons. The second kappa shape index (κ2) is 6.40. The van der Waals surface area contributed by atoms with E-state index in [0.29, 0.717) is 11.5 Å². The lowest BCUT2D eigenvalue weighted by atomic mass is 9.83. The Morgan fingerprint density at radius 2 is 2.37 bits per heavy atom. The molecule has 1 heterocycles. The highest BCUT2D eigenvalue weighted by atomic mass is 32.1. The first-order chi connectivity index (χ1) is 9.17. The van der Waals surface area contributed by atoms with Crippen molar-refractivity contribution in [3.63, 3.8) is 0 Å². The first-order valence-electron chi connectivity index (χ1n) is 6.66. The first-order valence-corrected chi connectivity index (χ1v) is 7.44. The fraction of sp³-hybridized carbons (Fsp3) is 0.750. The molecule has 1 aliphatic rings. The van der Waals surface area contributed by atoms with E-state index in [1.807, 2.05) is 13.8 Å². The van der Waals surface area contributed by atoms with Crippen molar-refractivity contribution in [2.75, 3.05) is 6.61 Å². The van der Waals surface area contributed by atoms with Gasteiger partial charge in [0.05, 0.1) is 17.8 Å². The number of nitrogens with one attached hydrogen (secondary N) is 1. The molecule has 0 bridgehead atoms. The van der Waals surface area contributed by atoms with E-state index in [4.69, 9.17) is 10.5 Å². The van der Waals surface area contributed by atoms with Gasteiger partial charge in [-0.05, 0) is 31.3 Å². The van der Waals surface area contributed by atoms with E-state index < -0.39 is 0 Å². The van der Waals surface area contributed by atoms with Crippen molar-refractivity contribution in [3.05, 3.63) is 10.6 Å². The van der Waals surface area contributed by atoms with Crippen LogP contribution >= 0.6 is 11.5 Å². The molecule has 1 amide bonds. The molecule has 1 fully saturated rings. The smallest absolute Gasteiger partial charge is 0.265 e. The molecular weight excluding hydrogens is 264 g/mol. The average molecular weight is 284 g/mol. The van der Waals surface area contributed by atoms with Crippen molar-refractivity contribution in [2.45, 2.75) is 51.3 Å². The van der Waals surface area contributed by atoms with Crippen molar-refractivity contribution < 1.29 is 9.53 Å². The number of hydrogen-bond donors (Lipinski definition) is 2. The highest BCUT2D eigenvalue weighted by molar-refractivity contribution is 7.08. The minimum atomic E-state index is -0.136. The van der Waals surface area contributed by atoms with Crippen LogP contribution in [0.15, 0.2) is 0 Å². The molecule has 7 heteroatoms. The normalized spacial score (nSPS) is 25.9. The molecule has 19 heavy (non-hydrogen) atoms. The summed E-state index contributed by atoms with van der Waals surface area (Å²) in [4.78, 5) is 12.8. The van der Waals surface area contributed by atoms with Crippen LogP contribution in [0.2, 0.25) is 0 Å². The Bertz CT molecular complexity index is 435. The van der Waals surface area contributed by atoms with E-state index in [2.05, 4.69) is 14.9 Å². The summed E-state index contributed by atoms with van der Waals surface area (Å²) in [7, 11) is 0. The maximum Gasteiger partial charge on any atom is 0.265 e. The predicted molar refractivity (Wildman–Crippen MR) is 73.2 cm³/mol. The van der Waals surface area contributed by atoms with E-state index in [9.17, 15) is 4.79 Å².